The van der Waals surface area contributed by atoms with Crippen molar-refractivity contribution in [1.29, 1.82) is 0 Å². The van der Waals surface area contributed by atoms with Gasteiger partial charge in [-0.25, -0.2) is 0 Å². The molecule has 0 aliphatic carbocycles. The van der Waals surface area contributed by atoms with Crippen molar-refractivity contribution in [3.63, 3.8) is 0 Å². The van der Waals surface area contributed by atoms with E-state index in [4.69, 9.17) is 23.2 Å². The van der Waals surface area contributed by atoms with E-state index < -0.39 is 0 Å². The third-order valence-corrected chi connectivity index (χ3v) is 2.00. The number of para-hydroxylation sites is 1. The summed E-state index contributed by atoms with van der Waals surface area (Å²) in [5.74, 6) is 0. The van der Waals surface area contributed by atoms with Gasteiger partial charge in [-0.15, -0.1) is 0 Å². The molecular weight excluding hydrogens is 193 g/mol. The summed E-state index contributed by atoms with van der Waals surface area (Å²) in [4.78, 5) is 2.28. The van der Waals surface area contributed by atoms with E-state index in [9.17, 15) is 0 Å². The Kier molecular flexibility index (Phi) is 3.24. The van der Waals surface area contributed by atoms with Crippen molar-refractivity contribution >= 4 is 28.9 Å². The Hall–Kier alpha value is -0.400. The van der Waals surface area contributed by atoms with Crippen LogP contribution in [0.15, 0.2) is 24.3 Å². The molecule has 12 heavy (non-hydrogen) atoms. The van der Waals surface area contributed by atoms with Gasteiger partial charge >= 0.3 is 0 Å². The molecule has 0 heterocycles. The molecule has 0 N–H and O–H groups in total. The van der Waals surface area contributed by atoms with Crippen molar-refractivity contribution < 1.29 is 0 Å². The van der Waals surface area contributed by atoms with Crippen LogP contribution in [0.3, 0.4) is 0 Å². The molecule has 0 aliphatic heterocycles. The summed E-state index contributed by atoms with van der Waals surface area (Å²) in [6, 6.07) is 7.73. The molecule has 0 fully saturated rings. The van der Waals surface area contributed by atoms with Crippen LogP contribution in [-0.2, 0) is 0 Å². The maximum absolute atomic E-state index is 5.71. The minimum atomic E-state index is 0.305. The monoisotopic (exact) mass is 202 g/mol. The van der Waals surface area contributed by atoms with Crippen molar-refractivity contribution in [2.45, 2.75) is 0 Å². The molecule has 1 rings (SSSR count). The molecule has 0 saturated heterocycles. The fourth-order valence-electron chi connectivity index (χ4n) is 1.02. The molecule has 3 heteroatoms. The van der Waals surface area contributed by atoms with Crippen LogP contribution >= 0.6 is 23.2 Å². The van der Waals surface area contributed by atoms with Crippen LogP contribution < -0.4 is 4.90 Å². The highest BCUT2D eigenvalue weighted by Crippen LogP contribution is 2.30. The van der Waals surface area contributed by atoms with Crippen LogP contribution in [0.5, 0.6) is 0 Å². The van der Waals surface area contributed by atoms with Gasteiger partial charge in [-0.2, -0.15) is 0 Å². The van der Waals surface area contributed by atoms with Gasteiger partial charge in [0, 0.05) is 25.3 Å². The van der Waals surface area contributed by atoms with Crippen LogP contribution in [0, 0.1) is 4.84 Å². The summed E-state index contributed by atoms with van der Waals surface area (Å²) in [6.07, 6.45) is 0. The first-order chi connectivity index (χ1) is 5.63. The lowest BCUT2D eigenvalue weighted by molar-refractivity contribution is 1.12. The topological polar surface area (TPSA) is 3.24 Å². The van der Waals surface area contributed by atoms with Crippen LogP contribution in [-0.4, -0.2) is 14.1 Å². The van der Waals surface area contributed by atoms with Crippen LogP contribution in [0.4, 0.5) is 5.69 Å². The van der Waals surface area contributed by atoms with Gasteiger partial charge in [0.25, 0.3) is 0 Å². The Bertz CT molecular complexity index is 231. The first kappa shape index (κ1) is 9.69. The van der Waals surface area contributed by atoms with Gasteiger partial charge in [0.05, 0.1) is 0 Å². The number of anilines is 1. The smallest absolute Gasteiger partial charge is 0.182 e. The SMILES string of the molecule is CN(C)c1ccccc1[C](Cl)Cl. The number of hydrogen-bond acceptors (Lipinski definition) is 1. The normalized spacial score (nSPS) is 10.4. The highest BCUT2D eigenvalue weighted by Gasteiger charge is 2.10. The summed E-state index contributed by atoms with van der Waals surface area (Å²) >= 11 is 11.4. The van der Waals surface area contributed by atoms with E-state index in [2.05, 4.69) is 0 Å². The van der Waals surface area contributed by atoms with Crippen molar-refractivity contribution in [2.75, 3.05) is 19.0 Å². The zero-order valence-electron chi connectivity index (χ0n) is 7.01. The molecule has 0 bridgehead atoms. The van der Waals surface area contributed by atoms with E-state index in [-0.39, 0.29) is 0 Å². The molecule has 65 valence electrons. The molecule has 1 aromatic carbocycles. The van der Waals surface area contributed by atoms with E-state index in [0.29, 0.717) is 4.84 Å². The van der Waals surface area contributed by atoms with Gasteiger partial charge in [0.15, 0.2) is 4.84 Å². The van der Waals surface area contributed by atoms with Gasteiger partial charge in [-0.1, -0.05) is 41.4 Å². The Morgan fingerprint density at radius 1 is 1.17 bits per heavy atom. The summed E-state index contributed by atoms with van der Waals surface area (Å²) in [7, 11) is 3.91. The van der Waals surface area contributed by atoms with E-state index in [1.54, 1.807) is 0 Å². The van der Waals surface area contributed by atoms with E-state index in [1.807, 2.05) is 43.3 Å². The Morgan fingerprint density at radius 3 is 2.17 bits per heavy atom. The Balaban J connectivity index is 3.09. The van der Waals surface area contributed by atoms with Crippen molar-refractivity contribution in [3.8, 4) is 0 Å². The molecule has 0 aromatic heterocycles. The Morgan fingerprint density at radius 2 is 1.75 bits per heavy atom. The minimum absolute atomic E-state index is 0.305. The predicted molar refractivity (Wildman–Crippen MR) is 54.8 cm³/mol. The summed E-state index contributed by atoms with van der Waals surface area (Å²) in [5.41, 5.74) is 1.89. The fraction of sp³-hybridized carbons (Fsp3) is 0.222. The van der Waals surface area contributed by atoms with E-state index in [0.717, 1.165) is 11.3 Å². The van der Waals surface area contributed by atoms with Gasteiger partial charge in [-0.05, 0) is 6.07 Å². The number of halogens is 2. The molecule has 1 radical (unpaired) electrons. The molecule has 0 aliphatic rings. The van der Waals surface area contributed by atoms with Crippen LogP contribution in [0.2, 0.25) is 0 Å². The lowest BCUT2D eigenvalue weighted by Crippen LogP contribution is -2.11. The van der Waals surface area contributed by atoms with Crippen molar-refractivity contribution in [1.82, 2.24) is 0 Å². The molecule has 0 amide bonds. The quantitative estimate of drug-likeness (QED) is 0.713. The zero-order valence-corrected chi connectivity index (χ0v) is 8.52. The maximum atomic E-state index is 5.71. The predicted octanol–water partition coefficient (Wildman–Crippen LogP) is 3.07. The highest BCUT2D eigenvalue weighted by atomic mass is 35.5. The zero-order chi connectivity index (χ0) is 9.14. The summed E-state index contributed by atoms with van der Waals surface area (Å²) in [5, 5.41) is 0. The highest BCUT2D eigenvalue weighted by molar-refractivity contribution is 6.55. The molecule has 1 aromatic rings. The largest absolute Gasteiger partial charge is 0.377 e. The summed E-state index contributed by atoms with van der Waals surface area (Å²) < 4.78 is 0. The minimum Gasteiger partial charge on any atom is -0.377 e. The molecule has 0 atom stereocenters. The lowest BCUT2D eigenvalue weighted by Gasteiger charge is -2.16. The second kappa shape index (κ2) is 4.01. The third kappa shape index (κ3) is 2.05. The van der Waals surface area contributed by atoms with E-state index in [1.165, 1.54) is 0 Å². The third-order valence-electron chi connectivity index (χ3n) is 1.59. The van der Waals surface area contributed by atoms with Crippen molar-refractivity contribution in [3.05, 3.63) is 34.7 Å². The van der Waals surface area contributed by atoms with Gasteiger partial charge in [0.2, 0.25) is 0 Å². The average molecular weight is 203 g/mol. The standard InChI is InChI=1S/C9H10Cl2N/c1-12(2)8-6-4-3-5-7(8)9(10)11/h3-6H,1-2H3. The first-order valence-electron chi connectivity index (χ1n) is 3.57. The second-order valence-electron chi connectivity index (χ2n) is 2.67. The molecule has 0 unspecified atom stereocenters. The van der Waals surface area contributed by atoms with Gasteiger partial charge in [0.1, 0.15) is 0 Å². The molecule has 1 nitrogen and oxygen atoms in total. The first-order valence-corrected chi connectivity index (χ1v) is 4.33. The number of rotatable bonds is 2. The Labute approximate surface area is 82.9 Å². The maximum Gasteiger partial charge on any atom is 0.182 e. The fourth-order valence-corrected chi connectivity index (χ4v) is 1.34. The number of hydrogen-bond donors (Lipinski definition) is 0. The van der Waals surface area contributed by atoms with Crippen molar-refractivity contribution in [2.24, 2.45) is 0 Å². The molecule has 0 saturated carbocycles. The summed E-state index contributed by atoms with van der Waals surface area (Å²) in [6.45, 7) is 0. The average Bonchev–Trinajstić information content (AvgIpc) is 2.04. The lowest BCUT2D eigenvalue weighted by atomic mass is 10.2. The number of nitrogens with zero attached hydrogens (tertiary/aromatic N) is 1. The second-order valence-corrected chi connectivity index (χ2v) is 3.62. The van der Waals surface area contributed by atoms with Gasteiger partial charge in [-0.3, -0.25) is 0 Å². The van der Waals surface area contributed by atoms with E-state index >= 15 is 0 Å². The van der Waals surface area contributed by atoms with Crippen LogP contribution in [0.1, 0.15) is 5.56 Å². The molecular formula is C9H10Cl2N. The van der Waals surface area contributed by atoms with Crippen LogP contribution in [0.25, 0.3) is 0 Å². The number of benzene rings is 1. The van der Waals surface area contributed by atoms with Gasteiger partial charge < -0.3 is 4.90 Å². The molecule has 0 spiro atoms.